The fraction of sp³-hybridized carbons (Fsp3) is 0.208. The molecule has 4 rings (SSSR count). The van der Waals surface area contributed by atoms with E-state index in [2.05, 4.69) is 20.4 Å². The Labute approximate surface area is 200 Å². The van der Waals surface area contributed by atoms with Gasteiger partial charge in [0.15, 0.2) is 0 Å². The molecule has 0 atom stereocenters. The first kappa shape index (κ1) is 23.2. The number of hydrogen-bond acceptors (Lipinski definition) is 8. The molecule has 2 aromatic carbocycles. The Balaban J connectivity index is 1.60. The predicted molar refractivity (Wildman–Crippen MR) is 129 cm³/mol. The van der Waals surface area contributed by atoms with E-state index in [0.29, 0.717) is 28.9 Å². The van der Waals surface area contributed by atoms with Crippen LogP contribution in [0.5, 0.6) is 5.75 Å². The molecule has 10 heteroatoms. The van der Waals surface area contributed by atoms with Crippen molar-refractivity contribution in [2.45, 2.75) is 19.9 Å². The lowest BCUT2D eigenvalue weighted by molar-refractivity contribution is 0.0514. The molecular weight excluding hydrogens is 458 g/mol. The van der Waals surface area contributed by atoms with Crippen LogP contribution in [0.3, 0.4) is 0 Å². The van der Waals surface area contributed by atoms with Crippen LogP contribution in [0.15, 0.2) is 70.5 Å². The number of esters is 1. The number of carbonyl (C=O) groups is 1. The summed E-state index contributed by atoms with van der Waals surface area (Å²) >= 11 is 5.98. The molecule has 0 radical (unpaired) electrons. The van der Waals surface area contributed by atoms with Gasteiger partial charge in [0.1, 0.15) is 5.75 Å². The molecule has 0 bridgehead atoms. The summed E-state index contributed by atoms with van der Waals surface area (Å²) in [6, 6.07) is 14.2. The van der Waals surface area contributed by atoms with Crippen molar-refractivity contribution < 1.29 is 14.3 Å². The van der Waals surface area contributed by atoms with Crippen molar-refractivity contribution in [2.24, 2.45) is 4.99 Å². The normalized spacial score (nSPS) is 12.7. The third kappa shape index (κ3) is 5.87. The van der Waals surface area contributed by atoms with E-state index in [1.54, 1.807) is 43.3 Å². The van der Waals surface area contributed by atoms with Crippen LogP contribution in [-0.4, -0.2) is 39.8 Å². The summed E-state index contributed by atoms with van der Waals surface area (Å²) in [6.45, 7) is 2.72. The molecule has 0 spiro atoms. The van der Waals surface area contributed by atoms with Gasteiger partial charge in [-0.15, -0.1) is 0 Å². The standard InChI is InChI=1S/C24H22ClN5O4/c1-2-33-23(32)21-22(31)28-24(30(29-21)15-16-6-8-17(25)9-7-16)27-18-10-12-19(13-11-18)34-20-5-3-4-14-26-20/h3,5-13H,2,4,14-15H2,1H3,(H,27,28,31). The van der Waals surface area contributed by atoms with Crippen LogP contribution in [0, 0.1) is 0 Å². The van der Waals surface area contributed by atoms with Gasteiger partial charge in [-0.25, -0.2) is 9.48 Å². The Morgan fingerprint density at radius 1 is 1.15 bits per heavy atom. The van der Waals surface area contributed by atoms with Gasteiger partial charge in [-0.2, -0.15) is 10.1 Å². The molecule has 0 fully saturated rings. The fourth-order valence-electron chi connectivity index (χ4n) is 3.12. The van der Waals surface area contributed by atoms with Gasteiger partial charge in [0.25, 0.3) is 0 Å². The van der Waals surface area contributed by atoms with Crippen LogP contribution < -0.4 is 15.6 Å². The Morgan fingerprint density at radius 3 is 2.59 bits per heavy atom. The number of carbonyl (C=O) groups excluding carboxylic acids is 1. The monoisotopic (exact) mass is 479 g/mol. The van der Waals surface area contributed by atoms with Crippen LogP contribution in [0.25, 0.3) is 0 Å². The van der Waals surface area contributed by atoms with Crippen LogP contribution in [-0.2, 0) is 11.3 Å². The highest BCUT2D eigenvalue weighted by atomic mass is 35.5. The number of dihydropyridines is 1. The lowest BCUT2D eigenvalue weighted by Crippen LogP contribution is -2.28. The first-order valence-electron chi connectivity index (χ1n) is 10.7. The Kier molecular flexibility index (Phi) is 7.34. The van der Waals surface area contributed by atoms with Gasteiger partial charge in [-0.3, -0.25) is 9.79 Å². The van der Waals surface area contributed by atoms with E-state index < -0.39 is 11.5 Å². The minimum absolute atomic E-state index is 0.119. The van der Waals surface area contributed by atoms with Crippen molar-refractivity contribution >= 4 is 35.1 Å². The van der Waals surface area contributed by atoms with Gasteiger partial charge >= 0.3 is 11.5 Å². The number of aliphatic imine (C=N–C) groups is 1. The second-order valence-corrected chi connectivity index (χ2v) is 7.69. The number of ether oxygens (including phenoxy) is 2. The van der Waals surface area contributed by atoms with Crippen molar-refractivity contribution in [3.05, 3.63) is 87.3 Å². The summed E-state index contributed by atoms with van der Waals surface area (Å²) in [5.41, 5.74) is 0.336. The summed E-state index contributed by atoms with van der Waals surface area (Å²) in [5.74, 6) is 0.529. The Bertz CT molecular complexity index is 1280. The van der Waals surface area contributed by atoms with Crippen LogP contribution >= 0.6 is 11.6 Å². The summed E-state index contributed by atoms with van der Waals surface area (Å²) in [6.07, 6.45) is 4.76. The molecule has 0 aliphatic carbocycles. The Morgan fingerprint density at radius 2 is 1.91 bits per heavy atom. The van der Waals surface area contributed by atoms with Crippen LogP contribution in [0.2, 0.25) is 5.02 Å². The molecule has 3 aromatic rings. The number of nitrogens with one attached hydrogen (secondary N) is 1. The molecule has 1 N–H and O–H groups in total. The molecule has 0 amide bonds. The minimum Gasteiger partial charge on any atom is -0.461 e. The molecular formula is C24H22ClN5O4. The van der Waals surface area contributed by atoms with Gasteiger partial charge < -0.3 is 14.8 Å². The minimum atomic E-state index is -0.822. The lowest BCUT2D eigenvalue weighted by atomic mass is 10.2. The zero-order chi connectivity index (χ0) is 23.9. The SMILES string of the molecule is CCOC(=O)c1nn(Cc2ccc(Cl)cc2)c(Nc2ccc(OC3=NCCC=C3)cc2)nc1=O. The van der Waals surface area contributed by atoms with Gasteiger partial charge in [-0.05, 0) is 61.4 Å². The molecule has 2 heterocycles. The number of anilines is 2. The molecule has 1 aliphatic heterocycles. The molecule has 0 saturated heterocycles. The number of halogens is 1. The second kappa shape index (κ2) is 10.8. The first-order chi connectivity index (χ1) is 16.5. The summed E-state index contributed by atoms with van der Waals surface area (Å²) in [7, 11) is 0. The van der Waals surface area contributed by atoms with Crippen molar-refractivity contribution in [3.63, 3.8) is 0 Å². The average Bonchev–Trinajstić information content (AvgIpc) is 2.84. The molecule has 34 heavy (non-hydrogen) atoms. The Hall–Kier alpha value is -3.98. The molecule has 1 aromatic heterocycles. The van der Waals surface area contributed by atoms with Crippen molar-refractivity contribution in [1.82, 2.24) is 14.8 Å². The maximum Gasteiger partial charge on any atom is 0.364 e. The van der Waals surface area contributed by atoms with E-state index in [4.69, 9.17) is 21.1 Å². The number of benzene rings is 2. The third-order valence-corrected chi connectivity index (χ3v) is 5.00. The molecule has 174 valence electrons. The highest BCUT2D eigenvalue weighted by Gasteiger charge is 2.19. The average molecular weight is 480 g/mol. The predicted octanol–water partition coefficient (Wildman–Crippen LogP) is 4.00. The van der Waals surface area contributed by atoms with E-state index in [9.17, 15) is 9.59 Å². The van der Waals surface area contributed by atoms with Crippen molar-refractivity contribution in [3.8, 4) is 5.75 Å². The van der Waals surface area contributed by atoms with Gasteiger partial charge in [0.05, 0.1) is 13.2 Å². The highest BCUT2D eigenvalue weighted by Crippen LogP contribution is 2.20. The maximum absolute atomic E-state index is 12.5. The number of hydrogen-bond donors (Lipinski definition) is 1. The fourth-order valence-corrected chi connectivity index (χ4v) is 3.25. The van der Waals surface area contributed by atoms with E-state index >= 15 is 0 Å². The zero-order valence-electron chi connectivity index (χ0n) is 18.4. The first-order valence-corrected chi connectivity index (χ1v) is 11.1. The highest BCUT2D eigenvalue weighted by molar-refractivity contribution is 6.30. The topological polar surface area (TPSA) is 108 Å². The van der Waals surface area contributed by atoms with E-state index in [-0.39, 0.29) is 24.8 Å². The third-order valence-electron chi connectivity index (χ3n) is 4.75. The van der Waals surface area contributed by atoms with Crippen LogP contribution in [0.1, 0.15) is 29.4 Å². The second-order valence-electron chi connectivity index (χ2n) is 7.26. The largest absolute Gasteiger partial charge is 0.461 e. The number of aromatic nitrogens is 3. The van der Waals surface area contributed by atoms with Crippen molar-refractivity contribution in [1.29, 1.82) is 0 Å². The van der Waals surface area contributed by atoms with E-state index in [1.165, 1.54) is 4.68 Å². The number of rotatable bonds is 7. The summed E-state index contributed by atoms with van der Waals surface area (Å²) in [5, 5.41) is 7.90. The summed E-state index contributed by atoms with van der Waals surface area (Å²) in [4.78, 5) is 33.0. The zero-order valence-corrected chi connectivity index (χ0v) is 19.2. The maximum atomic E-state index is 12.5. The van der Waals surface area contributed by atoms with Gasteiger partial charge in [0.2, 0.25) is 17.5 Å². The molecule has 0 unspecified atom stereocenters. The van der Waals surface area contributed by atoms with Crippen molar-refractivity contribution in [2.75, 3.05) is 18.5 Å². The smallest absolute Gasteiger partial charge is 0.364 e. The number of nitrogens with zero attached hydrogens (tertiary/aromatic N) is 4. The van der Waals surface area contributed by atoms with E-state index in [0.717, 1.165) is 12.0 Å². The molecule has 9 nitrogen and oxygen atoms in total. The summed E-state index contributed by atoms with van der Waals surface area (Å²) < 4.78 is 12.1. The van der Waals surface area contributed by atoms with Crippen LogP contribution in [0.4, 0.5) is 11.6 Å². The van der Waals surface area contributed by atoms with E-state index in [1.807, 2.05) is 24.3 Å². The molecule has 0 saturated carbocycles. The lowest BCUT2D eigenvalue weighted by Gasteiger charge is -2.14. The van der Waals surface area contributed by atoms with Gasteiger partial charge in [-0.1, -0.05) is 29.8 Å². The molecule has 1 aliphatic rings. The van der Waals surface area contributed by atoms with Gasteiger partial charge in [0, 0.05) is 17.3 Å². The quantitative estimate of drug-likeness (QED) is 0.510.